The predicted octanol–water partition coefficient (Wildman–Crippen LogP) is 4.54. The molecule has 0 unspecified atom stereocenters. The van der Waals surface area contributed by atoms with Gasteiger partial charge in [0, 0.05) is 12.6 Å². The van der Waals surface area contributed by atoms with E-state index in [1.807, 2.05) is 20.8 Å². The van der Waals surface area contributed by atoms with Crippen LogP contribution >= 0.6 is 0 Å². The van der Waals surface area contributed by atoms with Gasteiger partial charge in [-0.15, -0.1) is 0 Å². The van der Waals surface area contributed by atoms with Gasteiger partial charge in [-0.05, 0) is 76.6 Å². The highest BCUT2D eigenvalue weighted by Gasteiger charge is 2.34. The van der Waals surface area contributed by atoms with Crippen LogP contribution in [0.25, 0.3) is 0 Å². The van der Waals surface area contributed by atoms with Crippen LogP contribution in [0.2, 0.25) is 0 Å². The zero-order chi connectivity index (χ0) is 30.2. The zero-order valence-electron chi connectivity index (χ0n) is 24.5. The van der Waals surface area contributed by atoms with Gasteiger partial charge in [-0.3, -0.25) is 13.9 Å². The smallest absolute Gasteiger partial charge is 0.264 e. The van der Waals surface area contributed by atoms with Crippen LogP contribution in [0.1, 0.15) is 38.8 Å². The van der Waals surface area contributed by atoms with Crippen molar-refractivity contribution in [3.8, 4) is 11.5 Å². The Morgan fingerprint density at radius 3 is 2.15 bits per heavy atom. The van der Waals surface area contributed by atoms with Gasteiger partial charge in [0.2, 0.25) is 11.8 Å². The SMILES string of the molecule is CCOc1ccccc1N(CC(=O)N(Cc1ccc(OC)cc1)[C@@H](C)C(=O)NC(C)C)S(=O)(=O)c1ccc(C)cc1. The Hall–Kier alpha value is -4.05. The van der Waals surface area contributed by atoms with Gasteiger partial charge in [0.25, 0.3) is 10.0 Å². The summed E-state index contributed by atoms with van der Waals surface area (Å²) in [6, 6.07) is 19.2. The number of carbonyl (C=O) groups excluding carboxylic acids is 2. The molecule has 9 nitrogen and oxygen atoms in total. The van der Waals surface area contributed by atoms with E-state index in [9.17, 15) is 18.0 Å². The quantitative estimate of drug-likeness (QED) is 0.318. The summed E-state index contributed by atoms with van der Waals surface area (Å²) in [5.41, 5.74) is 1.88. The van der Waals surface area contributed by atoms with Crippen molar-refractivity contribution in [1.29, 1.82) is 0 Å². The van der Waals surface area contributed by atoms with Crippen LogP contribution in [0.3, 0.4) is 0 Å². The number of anilines is 1. The van der Waals surface area contributed by atoms with Crippen LogP contribution in [-0.4, -0.2) is 57.5 Å². The largest absolute Gasteiger partial charge is 0.497 e. The van der Waals surface area contributed by atoms with Gasteiger partial charge in [0.15, 0.2) is 0 Å². The van der Waals surface area contributed by atoms with E-state index >= 15 is 0 Å². The van der Waals surface area contributed by atoms with Gasteiger partial charge in [0.05, 0.1) is 24.3 Å². The highest BCUT2D eigenvalue weighted by molar-refractivity contribution is 7.92. The van der Waals surface area contributed by atoms with Crippen LogP contribution in [0.5, 0.6) is 11.5 Å². The minimum atomic E-state index is -4.20. The summed E-state index contributed by atoms with van der Waals surface area (Å²) in [4.78, 5) is 28.5. The van der Waals surface area contributed by atoms with Gasteiger partial charge in [-0.1, -0.05) is 42.0 Å². The Morgan fingerprint density at radius 1 is 0.927 bits per heavy atom. The molecule has 0 heterocycles. The molecule has 10 heteroatoms. The molecule has 0 saturated heterocycles. The summed E-state index contributed by atoms with van der Waals surface area (Å²) in [7, 11) is -2.64. The van der Waals surface area contributed by atoms with E-state index in [0.717, 1.165) is 15.4 Å². The average molecular weight is 582 g/mol. The number of nitrogens with zero attached hydrogens (tertiary/aromatic N) is 2. The number of methoxy groups -OCH3 is 1. The number of carbonyl (C=O) groups is 2. The van der Waals surface area contributed by atoms with Crippen LogP contribution in [0.15, 0.2) is 77.7 Å². The highest BCUT2D eigenvalue weighted by atomic mass is 32.2. The third-order valence-electron chi connectivity index (χ3n) is 6.43. The Morgan fingerprint density at radius 2 is 1.56 bits per heavy atom. The maximum absolute atomic E-state index is 14.1. The molecule has 0 bridgehead atoms. The number of benzene rings is 3. The molecule has 41 heavy (non-hydrogen) atoms. The molecule has 220 valence electrons. The van der Waals surface area contributed by atoms with E-state index in [-0.39, 0.29) is 29.1 Å². The second-order valence-electron chi connectivity index (χ2n) is 9.93. The molecule has 2 amide bonds. The molecule has 3 aromatic rings. The minimum absolute atomic E-state index is 0.0366. The molecule has 3 rings (SSSR count). The van der Waals surface area contributed by atoms with E-state index in [1.165, 1.54) is 17.0 Å². The summed E-state index contributed by atoms with van der Waals surface area (Å²) in [6.07, 6.45) is 0. The highest BCUT2D eigenvalue weighted by Crippen LogP contribution is 2.33. The maximum atomic E-state index is 14.1. The Kier molecular flexibility index (Phi) is 10.8. The second-order valence-corrected chi connectivity index (χ2v) is 11.8. The van der Waals surface area contributed by atoms with Crippen molar-refractivity contribution >= 4 is 27.5 Å². The molecule has 0 aliphatic heterocycles. The van der Waals surface area contributed by atoms with Crippen molar-refractivity contribution in [3.63, 3.8) is 0 Å². The molecule has 0 aromatic heterocycles. The summed E-state index contributed by atoms with van der Waals surface area (Å²) >= 11 is 0. The molecule has 0 fully saturated rings. The first kappa shape index (κ1) is 31.5. The van der Waals surface area contributed by atoms with Crippen LogP contribution in [-0.2, 0) is 26.2 Å². The number of para-hydroxylation sites is 2. The number of aryl methyl sites for hydroxylation is 1. The molecule has 0 saturated carbocycles. The van der Waals surface area contributed by atoms with Crippen molar-refractivity contribution in [1.82, 2.24) is 10.2 Å². The number of sulfonamides is 1. The van der Waals surface area contributed by atoms with Gasteiger partial charge >= 0.3 is 0 Å². The molecular weight excluding hydrogens is 542 g/mol. The third kappa shape index (κ3) is 8.00. The number of nitrogens with one attached hydrogen (secondary N) is 1. The zero-order valence-corrected chi connectivity index (χ0v) is 25.3. The van der Waals surface area contributed by atoms with Crippen molar-refractivity contribution < 1.29 is 27.5 Å². The number of amides is 2. The van der Waals surface area contributed by atoms with E-state index < -0.39 is 28.5 Å². The summed E-state index contributed by atoms with van der Waals surface area (Å²) < 4.78 is 40.1. The fourth-order valence-corrected chi connectivity index (χ4v) is 5.63. The molecule has 0 radical (unpaired) electrons. The predicted molar refractivity (Wildman–Crippen MR) is 160 cm³/mol. The monoisotopic (exact) mass is 581 g/mol. The number of rotatable bonds is 13. The molecular formula is C31H39N3O6S. The second kappa shape index (κ2) is 14.0. The van der Waals surface area contributed by atoms with Crippen molar-refractivity contribution in [2.75, 3.05) is 24.6 Å². The molecule has 3 aromatic carbocycles. The van der Waals surface area contributed by atoms with Crippen LogP contribution in [0, 0.1) is 6.92 Å². The maximum Gasteiger partial charge on any atom is 0.264 e. The fourth-order valence-electron chi connectivity index (χ4n) is 4.21. The van der Waals surface area contributed by atoms with Gasteiger partial charge in [0.1, 0.15) is 24.1 Å². The number of hydrogen-bond acceptors (Lipinski definition) is 6. The van der Waals surface area contributed by atoms with E-state index in [2.05, 4.69) is 5.32 Å². The van der Waals surface area contributed by atoms with E-state index in [1.54, 1.807) is 81.6 Å². The van der Waals surface area contributed by atoms with Crippen LogP contribution in [0.4, 0.5) is 5.69 Å². The lowest BCUT2D eigenvalue weighted by atomic mass is 10.1. The Bertz CT molecular complexity index is 1420. The molecule has 0 aliphatic rings. The summed E-state index contributed by atoms with van der Waals surface area (Å²) in [5.74, 6) is 0.0876. The first-order valence-electron chi connectivity index (χ1n) is 13.5. The van der Waals surface area contributed by atoms with Crippen LogP contribution < -0.4 is 19.1 Å². The molecule has 0 aliphatic carbocycles. The van der Waals surface area contributed by atoms with E-state index in [4.69, 9.17) is 9.47 Å². The first-order chi connectivity index (χ1) is 19.5. The van der Waals surface area contributed by atoms with Gasteiger partial charge in [-0.2, -0.15) is 0 Å². The first-order valence-corrected chi connectivity index (χ1v) is 15.0. The molecule has 1 atom stereocenters. The topological polar surface area (TPSA) is 105 Å². The average Bonchev–Trinajstić information content (AvgIpc) is 2.95. The lowest BCUT2D eigenvalue weighted by Gasteiger charge is -2.32. The Labute approximate surface area is 243 Å². The van der Waals surface area contributed by atoms with Gasteiger partial charge < -0.3 is 19.7 Å². The molecule has 1 N–H and O–H groups in total. The van der Waals surface area contributed by atoms with E-state index in [0.29, 0.717) is 18.1 Å². The number of hydrogen-bond donors (Lipinski definition) is 1. The van der Waals surface area contributed by atoms with Crippen molar-refractivity contribution in [2.45, 2.75) is 58.1 Å². The van der Waals surface area contributed by atoms with Crippen molar-refractivity contribution in [2.24, 2.45) is 0 Å². The third-order valence-corrected chi connectivity index (χ3v) is 8.21. The lowest BCUT2D eigenvalue weighted by molar-refractivity contribution is -0.139. The summed E-state index contributed by atoms with van der Waals surface area (Å²) in [5, 5.41) is 2.85. The number of ether oxygens (including phenoxy) is 2. The normalized spacial score (nSPS) is 12.0. The Balaban J connectivity index is 2.07. The lowest BCUT2D eigenvalue weighted by Crippen LogP contribution is -2.52. The molecule has 0 spiro atoms. The summed E-state index contributed by atoms with van der Waals surface area (Å²) in [6.45, 7) is 8.80. The minimum Gasteiger partial charge on any atom is -0.497 e. The fraction of sp³-hybridized carbons (Fsp3) is 0.355. The standard InChI is InChI=1S/C31H39N3O6S/c1-7-40-29-11-9-8-10-28(29)34(41(37,38)27-18-12-23(4)13-19-27)21-30(35)33(24(5)31(36)32-22(2)3)20-25-14-16-26(39-6)17-15-25/h8-19,22,24H,7,20-21H2,1-6H3,(H,32,36)/t24-/m0/s1. The van der Waals surface area contributed by atoms with Crippen molar-refractivity contribution in [3.05, 3.63) is 83.9 Å². The van der Waals surface area contributed by atoms with Gasteiger partial charge in [-0.25, -0.2) is 8.42 Å².